The van der Waals surface area contributed by atoms with Crippen molar-refractivity contribution in [3.63, 3.8) is 0 Å². The molecule has 0 spiro atoms. The summed E-state index contributed by atoms with van der Waals surface area (Å²) in [4.78, 5) is 15.7. The lowest BCUT2D eigenvalue weighted by molar-refractivity contribution is -0.144. The summed E-state index contributed by atoms with van der Waals surface area (Å²) >= 11 is 0. The lowest BCUT2D eigenvalue weighted by Gasteiger charge is -2.43. The highest BCUT2D eigenvalue weighted by molar-refractivity contribution is 5.88. The molecule has 3 nitrogen and oxygen atoms in total. The third kappa shape index (κ3) is 3.30. The summed E-state index contributed by atoms with van der Waals surface area (Å²) in [5.74, 6) is 1.51. The number of amides is 1. The molecule has 2 aliphatic heterocycles. The Labute approximate surface area is 140 Å². The van der Waals surface area contributed by atoms with E-state index in [1.165, 1.54) is 17.5 Å². The lowest BCUT2D eigenvalue weighted by atomic mass is 9.72. The van der Waals surface area contributed by atoms with Gasteiger partial charge < -0.3 is 9.64 Å². The van der Waals surface area contributed by atoms with Gasteiger partial charge in [0.25, 0.3) is 0 Å². The van der Waals surface area contributed by atoms with Gasteiger partial charge in [-0.1, -0.05) is 43.7 Å². The molecule has 126 valence electrons. The molecule has 1 aromatic rings. The number of hydrogen-bond donors (Lipinski definition) is 0. The van der Waals surface area contributed by atoms with Crippen molar-refractivity contribution in [2.75, 3.05) is 26.3 Å². The number of rotatable bonds is 2. The summed E-state index contributed by atoms with van der Waals surface area (Å²) in [6.45, 7) is 9.78. The number of aryl methyl sites for hydroxylation is 1. The number of benzene rings is 1. The summed E-state index contributed by atoms with van der Waals surface area (Å²) in [6, 6.07) is 8.55. The standard InChI is InChI=1S/C20H29NO2/c1-15-4-6-18(7-5-15)20(8-10-23-11-9-20)19(22)21-13-16(2)12-17(3)14-21/h4-7,16-17H,8-14H2,1-3H3/t16-,17-/m0/s1. The van der Waals surface area contributed by atoms with E-state index < -0.39 is 0 Å². The van der Waals surface area contributed by atoms with Crippen molar-refractivity contribution in [1.82, 2.24) is 4.90 Å². The minimum atomic E-state index is -0.386. The van der Waals surface area contributed by atoms with E-state index in [0.717, 1.165) is 25.9 Å². The van der Waals surface area contributed by atoms with E-state index >= 15 is 0 Å². The van der Waals surface area contributed by atoms with Crippen molar-refractivity contribution in [2.24, 2.45) is 11.8 Å². The highest BCUT2D eigenvalue weighted by Gasteiger charge is 2.45. The topological polar surface area (TPSA) is 29.5 Å². The number of piperidine rings is 1. The van der Waals surface area contributed by atoms with Crippen LogP contribution in [0.5, 0.6) is 0 Å². The number of carbonyl (C=O) groups excluding carboxylic acids is 1. The maximum atomic E-state index is 13.5. The van der Waals surface area contributed by atoms with Crippen molar-refractivity contribution in [3.8, 4) is 0 Å². The first-order valence-electron chi connectivity index (χ1n) is 8.95. The maximum absolute atomic E-state index is 13.5. The van der Waals surface area contributed by atoms with E-state index in [-0.39, 0.29) is 5.41 Å². The highest BCUT2D eigenvalue weighted by atomic mass is 16.5. The van der Waals surface area contributed by atoms with Gasteiger partial charge in [-0.3, -0.25) is 4.79 Å². The number of nitrogens with zero attached hydrogens (tertiary/aromatic N) is 1. The molecular formula is C20H29NO2. The SMILES string of the molecule is Cc1ccc(C2(C(=O)N3C[C@@H](C)C[C@H](C)C3)CCOCC2)cc1. The minimum Gasteiger partial charge on any atom is -0.381 e. The Hall–Kier alpha value is -1.35. The molecule has 0 aromatic heterocycles. The van der Waals surface area contributed by atoms with Crippen LogP contribution in [0.2, 0.25) is 0 Å². The van der Waals surface area contributed by atoms with Gasteiger partial charge in [-0.05, 0) is 43.6 Å². The summed E-state index contributed by atoms with van der Waals surface area (Å²) in [7, 11) is 0. The second-order valence-electron chi connectivity index (χ2n) is 7.72. The van der Waals surface area contributed by atoms with Crippen LogP contribution in [-0.4, -0.2) is 37.1 Å². The van der Waals surface area contributed by atoms with Crippen molar-refractivity contribution >= 4 is 5.91 Å². The Morgan fingerprint density at radius 1 is 1.09 bits per heavy atom. The third-order valence-electron chi connectivity index (χ3n) is 5.52. The van der Waals surface area contributed by atoms with Gasteiger partial charge in [0.2, 0.25) is 5.91 Å². The van der Waals surface area contributed by atoms with Crippen LogP contribution in [0.4, 0.5) is 0 Å². The Morgan fingerprint density at radius 2 is 1.65 bits per heavy atom. The molecule has 2 aliphatic rings. The predicted molar refractivity (Wildman–Crippen MR) is 92.4 cm³/mol. The zero-order valence-corrected chi connectivity index (χ0v) is 14.7. The van der Waals surface area contributed by atoms with Crippen LogP contribution in [0.25, 0.3) is 0 Å². The van der Waals surface area contributed by atoms with Gasteiger partial charge in [-0.15, -0.1) is 0 Å². The molecule has 1 aromatic carbocycles. The largest absolute Gasteiger partial charge is 0.381 e. The number of ether oxygens (including phenoxy) is 1. The van der Waals surface area contributed by atoms with Gasteiger partial charge in [0.1, 0.15) is 0 Å². The van der Waals surface area contributed by atoms with Crippen molar-refractivity contribution in [2.45, 2.75) is 45.4 Å². The molecular weight excluding hydrogens is 286 g/mol. The van der Waals surface area contributed by atoms with Gasteiger partial charge in [0, 0.05) is 26.3 Å². The minimum absolute atomic E-state index is 0.322. The molecule has 2 heterocycles. The molecule has 23 heavy (non-hydrogen) atoms. The van der Waals surface area contributed by atoms with Crippen molar-refractivity contribution in [1.29, 1.82) is 0 Å². The van der Waals surface area contributed by atoms with Crippen LogP contribution in [-0.2, 0) is 14.9 Å². The zero-order valence-electron chi connectivity index (χ0n) is 14.7. The van der Waals surface area contributed by atoms with Gasteiger partial charge >= 0.3 is 0 Å². The van der Waals surface area contributed by atoms with E-state index in [0.29, 0.717) is 31.0 Å². The molecule has 0 aliphatic carbocycles. The van der Waals surface area contributed by atoms with Gasteiger partial charge in [-0.2, -0.15) is 0 Å². The Balaban J connectivity index is 1.92. The fourth-order valence-electron chi connectivity index (χ4n) is 4.35. The number of carbonyl (C=O) groups is 1. The average Bonchev–Trinajstić information content (AvgIpc) is 2.54. The molecule has 0 saturated carbocycles. The Kier molecular flexibility index (Phi) is 4.77. The van der Waals surface area contributed by atoms with Crippen LogP contribution in [0.15, 0.2) is 24.3 Å². The monoisotopic (exact) mass is 315 g/mol. The first kappa shape index (κ1) is 16.5. The van der Waals surface area contributed by atoms with E-state index in [1.54, 1.807) is 0 Å². The smallest absolute Gasteiger partial charge is 0.233 e. The summed E-state index contributed by atoms with van der Waals surface area (Å²) < 4.78 is 5.58. The van der Waals surface area contributed by atoms with E-state index in [9.17, 15) is 4.79 Å². The van der Waals surface area contributed by atoms with Gasteiger partial charge in [0.15, 0.2) is 0 Å². The highest BCUT2D eigenvalue weighted by Crippen LogP contribution is 2.38. The van der Waals surface area contributed by atoms with Crippen molar-refractivity contribution < 1.29 is 9.53 Å². The lowest BCUT2D eigenvalue weighted by Crippen LogP contribution is -2.53. The Bertz CT molecular complexity index is 535. The molecule has 0 radical (unpaired) electrons. The number of hydrogen-bond acceptors (Lipinski definition) is 2. The number of likely N-dealkylation sites (tertiary alicyclic amines) is 1. The first-order chi connectivity index (χ1) is 11.0. The predicted octanol–water partition coefficient (Wildman–Crippen LogP) is 3.55. The first-order valence-corrected chi connectivity index (χ1v) is 8.95. The fraction of sp³-hybridized carbons (Fsp3) is 0.650. The Morgan fingerprint density at radius 3 is 2.22 bits per heavy atom. The quantitative estimate of drug-likeness (QED) is 0.835. The van der Waals surface area contributed by atoms with Crippen LogP contribution < -0.4 is 0 Å². The average molecular weight is 315 g/mol. The van der Waals surface area contributed by atoms with Crippen molar-refractivity contribution in [3.05, 3.63) is 35.4 Å². The molecule has 2 saturated heterocycles. The maximum Gasteiger partial charge on any atom is 0.233 e. The second-order valence-corrected chi connectivity index (χ2v) is 7.72. The molecule has 1 amide bonds. The van der Waals surface area contributed by atoms with Crippen LogP contribution in [0.3, 0.4) is 0 Å². The van der Waals surface area contributed by atoms with E-state index in [4.69, 9.17) is 4.74 Å². The summed E-state index contributed by atoms with van der Waals surface area (Å²) in [6.07, 6.45) is 2.83. The second kappa shape index (κ2) is 6.64. The molecule has 0 bridgehead atoms. The molecule has 2 fully saturated rings. The normalized spacial score (nSPS) is 27.7. The van der Waals surface area contributed by atoms with E-state index in [2.05, 4.69) is 49.9 Å². The zero-order chi connectivity index (χ0) is 16.4. The molecule has 3 heteroatoms. The van der Waals surface area contributed by atoms with Crippen LogP contribution >= 0.6 is 0 Å². The summed E-state index contributed by atoms with van der Waals surface area (Å²) in [5.41, 5.74) is 2.02. The molecule has 3 rings (SSSR count). The van der Waals surface area contributed by atoms with E-state index in [1.807, 2.05) is 0 Å². The molecule has 2 atom stereocenters. The summed E-state index contributed by atoms with van der Waals surface area (Å²) in [5, 5.41) is 0. The fourth-order valence-corrected chi connectivity index (χ4v) is 4.35. The third-order valence-corrected chi connectivity index (χ3v) is 5.52. The van der Waals surface area contributed by atoms with Crippen LogP contribution in [0.1, 0.15) is 44.2 Å². The molecule has 0 unspecified atom stereocenters. The molecule has 0 N–H and O–H groups in total. The van der Waals surface area contributed by atoms with Gasteiger partial charge in [-0.25, -0.2) is 0 Å². The van der Waals surface area contributed by atoms with Gasteiger partial charge in [0.05, 0.1) is 5.41 Å². The van der Waals surface area contributed by atoms with Crippen LogP contribution in [0, 0.1) is 18.8 Å².